The molecule has 1 atom stereocenters. The first-order valence-electron chi connectivity index (χ1n) is 9.23. The van der Waals surface area contributed by atoms with Crippen LogP contribution < -0.4 is 15.8 Å². The maximum atomic E-state index is 6.08. The summed E-state index contributed by atoms with van der Waals surface area (Å²) in [6.45, 7) is 2.82. The first-order valence-corrected chi connectivity index (χ1v) is 9.23. The van der Waals surface area contributed by atoms with E-state index in [9.17, 15) is 0 Å². The molecule has 4 rings (SSSR count). The van der Waals surface area contributed by atoms with Crippen LogP contribution >= 0.6 is 0 Å². The highest BCUT2D eigenvalue weighted by molar-refractivity contribution is 5.86. The lowest BCUT2D eigenvalue weighted by Crippen LogP contribution is -2.31. The molecule has 1 saturated heterocycles. The van der Waals surface area contributed by atoms with Gasteiger partial charge in [-0.3, -0.25) is 9.58 Å². The molecule has 0 saturated carbocycles. The van der Waals surface area contributed by atoms with E-state index in [1.807, 2.05) is 19.2 Å². The Labute approximate surface area is 158 Å². The van der Waals surface area contributed by atoms with Gasteiger partial charge in [-0.25, -0.2) is 0 Å². The standard InChI is InChI=1S/C19H25N7O/c1-25-18-14(11-22-25)17(20)23-19(24-18)21-12-15(26-9-5-6-10-26)13-7-3-4-8-16(13)27-2/h3-4,7-8,11,15H,5-6,9-10,12H2,1-2H3,(H3,20,21,23,24). The molecule has 3 N–H and O–H groups in total. The number of nitrogens with two attached hydrogens (primary N) is 1. The van der Waals surface area contributed by atoms with Crippen molar-refractivity contribution in [3.63, 3.8) is 0 Å². The number of hydrogen-bond acceptors (Lipinski definition) is 7. The number of nitrogen functional groups attached to an aromatic ring is 1. The number of nitrogens with zero attached hydrogens (tertiary/aromatic N) is 5. The SMILES string of the molecule is COc1ccccc1C(CNc1nc(N)c2cnn(C)c2n1)N1CCCC1. The van der Waals surface area contributed by atoms with E-state index >= 15 is 0 Å². The molecule has 1 aliphatic rings. The average molecular weight is 367 g/mol. The zero-order valence-corrected chi connectivity index (χ0v) is 15.7. The van der Waals surface area contributed by atoms with Crippen molar-refractivity contribution in [1.29, 1.82) is 0 Å². The average Bonchev–Trinajstić information content (AvgIpc) is 3.33. The summed E-state index contributed by atoms with van der Waals surface area (Å²) in [5.74, 6) is 1.85. The molecule has 1 fully saturated rings. The van der Waals surface area contributed by atoms with Gasteiger partial charge in [0.1, 0.15) is 11.6 Å². The fourth-order valence-electron chi connectivity index (χ4n) is 3.74. The second-order valence-corrected chi connectivity index (χ2v) is 6.82. The van der Waals surface area contributed by atoms with E-state index in [2.05, 4.69) is 37.4 Å². The molecule has 142 valence electrons. The third-order valence-corrected chi connectivity index (χ3v) is 5.15. The minimum Gasteiger partial charge on any atom is -0.496 e. The summed E-state index contributed by atoms with van der Waals surface area (Å²) in [7, 11) is 3.56. The van der Waals surface area contributed by atoms with E-state index < -0.39 is 0 Å². The normalized spacial score (nSPS) is 15.9. The molecule has 1 unspecified atom stereocenters. The number of para-hydroxylation sites is 1. The van der Waals surface area contributed by atoms with Crippen LogP contribution in [0, 0.1) is 0 Å². The summed E-state index contributed by atoms with van der Waals surface area (Å²) in [6, 6.07) is 8.36. The monoisotopic (exact) mass is 367 g/mol. The fraction of sp³-hybridized carbons (Fsp3) is 0.421. The maximum Gasteiger partial charge on any atom is 0.226 e. The number of methoxy groups -OCH3 is 1. The molecular weight excluding hydrogens is 342 g/mol. The predicted octanol–water partition coefficient (Wildman–Crippen LogP) is 2.20. The summed E-state index contributed by atoms with van der Waals surface area (Å²) < 4.78 is 7.31. The lowest BCUT2D eigenvalue weighted by Gasteiger charge is -2.29. The van der Waals surface area contributed by atoms with Crippen LogP contribution in [0.5, 0.6) is 5.75 Å². The Morgan fingerprint density at radius 1 is 1.22 bits per heavy atom. The van der Waals surface area contributed by atoms with Gasteiger partial charge in [-0.05, 0) is 32.0 Å². The molecule has 3 aromatic rings. The number of likely N-dealkylation sites (tertiary alicyclic amines) is 1. The Hall–Kier alpha value is -2.87. The highest BCUT2D eigenvalue weighted by atomic mass is 16.5. The zero-order chi connectivity index (χ0) is 18.8. The van der Waals surface area contributed by atoms with Crippen molar-refractivity contribution in [1.82, 2.24) is 24.6 Å². The van der Waals surface area contributed by atoms with E-state index in [0.717, 1.165) is 29.9 Å². The third kappa shape index (κ3) is 3.40. The number of aryl methyl sites for hydroxylation is 1. The molecule has 8 heteroatoms. The van der Waals surface area contributed by atoms with Crippen LogP contribution in [0.25, 0.3) is 11.0 Å². The van der Waals surface area contributed by atoms with Gasteiger partial charge in [0.15, 0.2) is 5.65 Å². The fourth-order valence-corrected chi connectivity index (χ4v) is 3.74. The Bertz CT molecular complexity index is 933. The molecule has 1 aromatic carbocycles. The molecule has 0 amide bonds. The topological polar surface area (TPSA) is 94.1 Å². The number of hydrogen-bond donors (Lipinski definition) is 2. The van der Waals surface area contributed by atoms with Gasteiger partial charge in [0, 0.05) is 19.2 Å². The van der Waals surface area contributed by atoms with E-state index in [0.29, 0.717) is 18.3 Å². The molecule has 0 aliphatic carbocycles. The smallest absolute Gasteiger partial charge is 0.226 e. The first-order chi connectivity index (χ1) is 13.2. The molecule has 2 aromatic heterocycles. The van der Waals surface area contributed by atoms with Crippen molar-refractivity contribution in [2.75, 3.05) is 37.8 Å². The first kappa shape index (κ1) is 17.5. The van der Waals surface area contributed by atoms with E-state index in [1.54, 1.807) is 18.0 Å². The van der Waals surface area contributed by atoms with Crippen LogP contribution in [0.3, 0.4) is 0 Å². The number of aromatic nitrogens is 4. The van der Waals surface area contributed by atoms with E-state index in [-0.39, 0.29) is 6.04 Å². The molecule has 1 aliphatic heterocycles. The second-order valence-electron chi connectivity index (χ2n) is 6.82. The maximum absolute atomic E-state index is 6.08. The summed E-state index contributed by atoms with van der Waals surface area (Å²) in [5, 5.41) is 8.36. The van der Waals surface area contributed by atoms with E-state index in [1.165, 1.54) is 18.4 Å². The number of ether oxygens (including phenoxy) is 1. The van der Waals surface area contributed by atoms with Gasteiger partial charge in [0.05, 0.1) is 24.7 Å². The largest absolute Gasteiger partial charge is 0.496 e. The Balaban J connectivity index is 1.61. The van der Waals surface area contributed by atoms with Crippen LogP contribution in [-0.2, 0) is 7.05 Å². The van der Waals surface area contributed by atoms with Crippen molar-refractivity contribution >= 4 is 22.8 Å². The molecule has 8 nitrogen and oxygen atoms in total. The van der Waals surface area contributed by atoms with Crippen molar-refractivity contribution in [2.24, 2.45) is 7.05 Å². The lowest BCUT2D eigenvalue weighted by molar-refractivity contribution is 0.249. The summed E-state index contributed by atoms with van der Waals surface area (Å²) >= 11 is 0. The predicted molar refractivity (Wildman–Crippen MR) is 106 cm³/mol. The van der Waals surface area contributed by atoms with Gasteiger partial charge in [0.2, 0.25) is 5.95 Å². The third-order valence-electron chi connectivity index (χ3n) is 5.15. The van der Waals surface area contributed by atoms with Crippen LogP contribution in [-0.4, -0.2) is 51.4 Å². The van der Waals surface area contributed by atoms with Gasteiger partial charge >= 0.3 is 0 Å². The molecule has 3 heterocycles. The highest BCUT2D eigenvalue weighted by Gasteiger charge is 2.26. The van der Waals surface area contributed by atoms with Crippen molar-refractivity contribution in [2.45, 2.75) is 18.9 Å². The minimum atomic E-state index is 0.177. The summed E-state index contributed by atoms with van der Waals surface area (Å²) in [4.78, 5) is 11.5. The Morgan fingerprint density at radius 3 is 2.78 bits per heavy atom. The molecular formula is C19H25N7O. The number of benzene rings is 1. The highest BCUT2D eigenvalue weighted by Crippen LogP contribution is 2.32. The number of anilines is 2. The Kier molecular flexibility index (Phi) is 4.81. The van der Waals surface area contributed by atoms with Crippen molar-refractivity contribution in [3.05, 3.63) is 36.0 Å². The number of rotatable bonds is 6. The lowest BCUT2D eigenvalue weighted by atomic mass is 10.0. The second kappa shape index (κ2) is 7.40. The summed E-state index contributed by atoms with van der Waals surface area (Å²) in [5.41, 5.74) is 7.97. The van der Waals surface area contributed by atoms with Crippen LogP contribution in [0.4, 0.5) is 11.8 Å². The molecule has 27 heavy (non-hydrogen) atoms. The molecule has 0 radical (unpaired) electrons. The van der Waals surface area contributed by atoms with Gasteiger partial charge < -0.3 is 15.8 Å². The van der Waals surface area contributed by atoms with Gasteiger partial charge in [0.25, 0.3) is 0 Å². The quantitative estimate of drug-likeness (QED) is 0.690. The van der Waals surface area contributed by atoms with Gasteiger partial charge in [-0.1, -0.05) is 18.2 Å². The zero-order valence-electron chi connectivity index (χ0n) is 15.7. The Morgan fingerprint density at radius 2 is 2.00 bits per heavy atom. The number of nitrogens with one attached hydrogen (secondary N) is 1. The van der Waals surface area contributed by atoms with Crippen molar-refractivity contribution < 1.29 is 4.74 Å². The molecule has 0 bridgehead atoms. The van der Waals surface area contributed by atoms with Gasteiger partial charge in [-0.2, -0.15) is 15.1 Å². The van der Waals surface area contributed by atoms with Crippen LogP contribution in [0.15, 0.2) is 30.5 Å². The van der Waals surface area contributed by atoms with Crippen LogP contribution in [0.1, 0.15) is 24.4 Å². The van der Waals surface area contributed by atoms with E-state index in [4.69, 9.17) is 10.5 Å². The summed E-state index contributed by atoms with van der Waals surface area (Å²) in [6.07, 6.45) is 4.13. The van der Waals surface area contributed by atoms with Gasteiger partial charge in [-0.15, -0.1) is 0 Å². The molecule has 0 spiro atoms. The van der Waals surface area contributed by atoms with Crippen molar-refractivity contribution in [3.8, 4) is 5.75 Å². The number of fused-ring (bicyclic) bond motifs is 1. The van der Waals surface area contributed by atoms with Crippen LogP contribution in [0.2, 0.25) is 0 Å². The minimum absolute atomic E-state index is 0.177.